The van der Waals surface area contributed by atoms with E-state index in [1.54, 1.807) is 16.2 Å². The van der Waals surface area contributed by atoms with E-state index in [2.05, 4.69) is 16.8 Å². The van der Waals surface area contributed by atoms with Gasteiger partial charge in [-0.15, -0.1) is 11.3 Å². The smallest absolute Gasteiger partial charge is 0.317 e. The minimum atomic E-state index is 0.00885. The lowest BCUT2D eigenvalue weighted by molar-refractivity contribution is 0.104. The number of rotatable bonds is 6. The van der Waals surface area contributed by atoms with Crippen molar-refractivity contribution in [2.45, 2.75) is 31.8 Å². The molecular formula is C14H22N2O2S. The van der Waals surface area contributed by atoms with E-state index in [0.29, 0.717) is 12.6 Å². The largest absolute Gasteiger partial charge is 0.378 e. The summed E-state index contributed by atoms with van der Waals surface area (Å²) in [5.74, 6) is 0. The molecule has 106 valence electrons. The number of ether oxygens (including phenoxy) is 1. The maximum atomic E-state index is 11.9. The minimum absolute atomic E-state index is 0.00885. The summed E-state index contributed by atoms with van der Waals surface area (Å²) in [5.41, 5.74) is 0. The third-order valence-corrected chi connectivity index (χ3v) is 4.32. The third kappa shape index (κ3) is 4.84. The van der Waals surface area contributed by atoms with Gasteiger partial charge in [0.15, 0.2) is 0 Å². The summed E-state index contributed by atoms with van der Waals surface area (Å²) in [4.78, 5) is 14.9. The molecule has 1 aliphatic rings. The second-order valence-electron chi connectivity index (χ2n) is 4.91. The van der Waals surface area contributed by atoms with E-state index in [4.69, 9.17) is 4.74 Å². The van der Waals surface area contributed by atoms with Gasteiger partial charge in [-0.2, -0.15) is 0 Å². The summed E-state index contributed by atoms with van der Waals surface area (Å²) in [5, 5.41) is 5.02. The van der Waals surface area contributed by atoms with Crippen LogP contribution in [-0.4, -0.2) is 43.8 Å². The summed E-state index contributed by atoms with van der Waals surface area (Å²) in [6.45, 7) is 2.33. The summed E-state index contributed by atoms with van der Waals surface area (Å²) in [6.07, 6.45) is 4.47. The van der Waals surface area contributed by atoms with Crippen molar-refractivity contribution in [3.8, 4) is 0 Å². The zero-order chi connectivity index (χ0) is 13.5. The Hall–Kier alpha value is -1.07. The first kappa shape index (κ1) is 14.3. The highest BCUT2D eigenvalue weighted by molar-refractivity contribution is 7.09. The van der Waals surface area contributed by atoms with Crippen LogP contribution in [0.2, 0.25) is 0 Å². The molecular weight excluding hydrogens is 260 g/mol. The third-order valence-electron chi connectivity index (χ3n) is 3.39. The first-order valence-corrected chi connectivity index (χ1v) is 7.76. The highest BCUT2D eigenvalue weighted by atomic mass is 32.1. The van der Waals surface area contributed by atoms with Crippen LogP contribution in [0.25, 0.3) is 0 Å². The van der Waals surface area contributed by atoms with Gasteiger partial charge in [0.2, 0.25) is 0 Å². The molecule has 2 amide bonds. The Kier molecular flexibility index (Phi) is 5.66. The number of thiophene rings is 1. The first-order valence-electron chi connectivity index (χ1n) is 6.88. The average molecular weight is 282 g/mol. The van der Waals surface area contributed by atoms with E-state index in [-0.39, 0.29) is 6.03 Å². The normalized spacial score (nSPS) is 18.5. The van der Waals surface area contributed by atoms with Crippen LogP contribution >= 0.6 is 11.3 Å². The molecule has 1 aliphatic heterocycles. The molecule has 2 rings (SSSR count). The highest BCUT2D eigenvalue weighted by Crippen LogP contribution is 2.14. The fourth-order valence-corrected chi connectivity index (χ4v) is 2.88. The number of nitrogens with one attached hydrogen (secondary N) is 1. The predicted octanol–water partition coefficient (Wildman–Crippen LogP) is 2.50. The molecule has 1 saturated heterocycles. The number of amides is 2. The van der Waals surface area contributed by atoms with Gasteiger partial charge in [-0.25, -0.2) is 4.79 Å². The number of hydrogen-bond donors (Lipinski definition) is 1. The Balaban J connectivity index is 1.59. The lowest BCUT2D eigenvalue weighted by Crippen LogP contribution is -2.39. The van der Waals surface area contributed by atoms with Crippen molar-refractivity contribution in [1.29, 1.82) is 0 Å². The van der Waals surface area contributed by atoms with Crippen LogP contribution in [0, 0.1) is 0 Å². The molecule has 0 radical (unpaired) electrons. The van der Waals surface area contributed by atoms with Gasteiger partial charge >= 0.3 is 6.03 Å². The quantitative estimate of drug-likeness (QED) is 0.871. The molecule has 1 atom stereocenters. The summed E-state index contributed by atoms with van der Waals surface area (Å²) in [7, 11) is 1.84. The highest BCUT2D eigenvalue weighted by Gasteiger charge is 2.15. The molecule has 0 saturated carbocycles. The SMILES string of the molecule is CN(CCc1cccs1)C(=O)NCC[C@@H]1CCCO1. The van der Waals surface area contributed by atoms with Crippen LogP contribution in [0.1, 0.15) is 24.1 Å². The Labute approximate surface area is 118 Å². The van der Waals surface area contributed by atoms with E-state index in [0.717, 1.165) is 38.8 Å². The van der Waals surface area contributed by atoms with Crippen LogP contribution < -0.4 is 5.32 Å². The van der Waals surface area contributed by atoms with E-state index in [1.165, 1.54) is 4.88 Å². The van der Waals surface area contributed by atoms with Crippen LogP contribution in [0.15, 0.2) is 17.5 Å². The zero-order valence-corrected chi connectivity index (χ0v) is 12.2. The lowest BCUT2D eigenvalue weighted by Gasteiger charge is -2.18. The number of hydrogen-bond acceptors (Lipinski definition) is 3. The van der Waals surface area contributed by atoms with Gasteiger partial charge in [0.25, 0.3) is 0 Å². The predicted molar refractivity (Wildman–Crippen MR) is 77.6 cm³/mol. The molecule has 1 N–H and O–H groups in total. The summed E-state index contributed by atoms with van der Waals surface area (Å²) >= 11 is 1.74. The molecule has 0 bridgehead atoms. The molecule has 5 heteroatoms. The molecule has 0 unspecified atom stereocenters. The maximum Gasteiger partial charge on any atom is 0.317 e. The van der Waals surface area contributed by atoms with Crippen molar-refractivity contribution in [3.05, 3.63) is 22.4 Å². The van der Waals surface area contributed by atoms with Crippen LogP contribution in [0.3, 0.4) is 0 Å². The molecule has 0 aliphatic carbocycles. The monoisotopic (exact) mass is 282 g/mol. The van der Waals surface area contributed by atoms with Gasteiger partial charge in [0.05, 0.1) is 6.10 Å². The van der Waals surface area contributed by atoms with Gasteiger partial charge in [0.1, 0.15) is 0 Å². The number of carbonyl (C=O) groups excluding carboxylic acids is 1. The summed E-state index contributed by atoms with van der Waals surface area (Å²) in [6, 6.07) is 4.16. The van der Waals surface area contributed by atoms with Gasteiger partial charge < -0.3 is 15.0 Å². The van der Waals surface area contributed by atoms with Crippen molar-refractivity contribution >= 4 is 17.4 Å². The fourth-order valence-electron chi connectivity index (χ4n) is 2.18. The fraction of sp³-hybridized carbons (Fsp3) is 0.643. The standard InChI is InChI=1S/C14H22N2O2S/c1-16(9-7-13-5-3-11-19-13)14(17)15-8-6-12-4-2-10-18-12/h3,5,11-12H,2,4,6-10H2,1H3,(H,15,17)/t12-/m0/s1. The molecule has 19 heavy (non-hydrogen) atoms. The van der Waals surface area contributed by atoms with Crippen molar-refractivity contribution in [2.24, 2.45) is 0 Å². The number of likely N-dealkylation sites (N-methyl/N-ethyl adjacent to an activating group) is 1. The second-order valence-corrected chi connectivity index (χ2v) is 5.94. The number of urea groups is 1. The Morgan fingerprint density at radius 3 is 3.21 bits per heavy atom. The Bertz CT molecular complexity index is 375. The van der Waals surface area contributed by atoms with Crippen molar-refractivity contribution in [3.63, 3.8) is 0 Å². The van der Waals surface area contributed by atoms with Gasteiger partial charge in [-0.1, -0.05) is 6.07 Å². The molecule has 0 spiro atoms. The first-order chi connectivity index (χ1) is 9.25. The van der Waals surface area contributed by atoms with Crippen molar-refractivity contribution in [2.75, 3.05) is 26.7 Å². The number of carbonyl (C=O) groups is 1. The molecule has 1 aromatic rings. The van der Waals surface area contributed by atoms with Crippen molar-refractivity contribution in [1.82, 2.24) is 10.2 Å². The number of nitrogens with zero attached hydrogens (tertiary/aromatic N) is 1. The van der Waals surface area contributed by atoms with E-state index in [1.807, 2.05) is 13.1 Å². The van der Waals surface area contributed by atoms with E-state index >= 15 is 0 Å². The lowest BCUT2D eigenvalue weighted by atomic mass is 10.2. The molecule has 2 heterocycles. The Morgan fingerprint density at radius 2 is 2.53 bits per heavy atom. The molecule has 4 nitrogen and oxygen atoms in total. The van der Waals surface area contributed by atoms with E-state index < -0.39 is 0 Å². The van der Waals surface area contributed by atoms with Crippen molar-refractivity contribution < 1.29 is 9.53 Å². The van der Waals surface area contributed by atoms with Gasteiger partial charge in [-0.05, 0) is 37.1 Å². The molecule has 0 aromatic carbocycles. The average Bonchev–Trinajstić information content (AvgIpc) is 3.08. The van der Waals surface area contributed by atoms with E-state index in [9.17, 15) is 4.79 Å². The minimum Gasteiger partial charge on any atom is -0.378 e. The second kappa shape index (κ2) is 7.50. The zero-order valence-electron chi connectivity index (χ0n) is 11.4. The van der Waals surface area contributed by atoms with Gasteiger partial charge in [-0.3, -0.25) is 0 Å². The molecule has 1 fully saturated rings. The maximum absolute atomic E-state index is 11.9. The summed E-state index contributed by atoms with van der Waals surface area (Å²) < 4.78 is 5.53. The van der Waals surface area contributed by atoms with Gasteiger partial charge in [0, 0.05) is 31.6 Å². The van der Waals surface area contributed by atoms with Crippen LogP contribution in [0.5, 0.6) is 0 Å². The van der Waals surface area contributed by atoms with Crippen LogP contribution in [0.4, 0.5) is 4.79 Å². The Morgan fingerprint density at radius 1 is 1.63 bits per heavy atom. The topological polar surface area (TPSA) is 41.6 Å². The molecule has 1 aromatic heterocycles. The van der Waals surface area contributed by atoms with Crippen LogP contribution in [-0.2, 0) is 11.2 Å².